The number of rotatable bonds is 3. The summed E-state index contributed by atoms with van der Waals surface area (Å²) in [4.78, 5) is 50.4. The van der Waals surface area contributed by atoms with Gasteiger partial charge in [-0.25, -0.2) is 14.5 Å². The van der Waals surface area contributed by atoms with E-state index < -0.39 is 23.8 Å². The van der Waals surface area contributed by atoms with Crippen molar-refractivity contribution in [3.63, 3.8) is 0 Å². The molecule has 1 heterocycles. The molecule has 0 unspecified atom stereocenters. The van der Waals surface area contributed by atoms with Crippen LogP contribution in [0.25, 0.3) is 0 Å². The molecule has 2 amide bonds. The molecule has 0 fully saturated rings. The third-order valence-corrected chi connectivity index (χ3v) is 3.87. The van der Waals surface area contributed by atoms with Gasteiger partial charge in [-0.3, -0.25) is 9.59 Å². The molecule has 0 radical (unpaired) electrons. The summed E-state index contributed by atoms with van der Waals surface area (Å²) >= 11 is 0. The average Bonchev–Trinajstić information content (AvgIpc) is 2.90. The molecule has 7 heteroatoms. The number of hydrogen-bond acceptors (Lipinski definition) is 6. The van der Waals surface area contributed by atoms with E-state index in [1.165, 1.54) is 30.3 Å². The highest BCUT2D eigenvalue weighted by molar-refractivity contribution is 6.35. The average molecular weight is 339 g/mol. The summed E-state index contributed by atoms with van der Waals surface area (Å²) in [5, 5.41) is 0. The van der Waals surface area contributed by atoms with Crippen LogP contribution in [0.1, 0.15) is 41.4 Å². The van der Waals surface area contributed by atoms with E-state index in [1.807, 2.05) is 0 Å². The Hall–Kier alpha value is -3.48. The zero-order valence-electron chi connectivity index (χ0n) is 13.4. The van der Waals surface area contributed by atoms with E-state index in [0.29, 0.717) is 0 Å². The van der Waals surface area contributed by atoms with Crippen molar-refractivity contribution in [2.24, 2.45) is 0 Å². The van der Waals surface area contributed by atoms with Crippen molar-refractivity contribution in [3.8, 4) is 0 Å². The predicted octanol–water partition coefficient (Wildman–Crippen LogP) is 2.06. The molecule has 7 nitrogen and oxygen atoms in total. The minimum absolute atomic E-state index is 0.0269. The number of nitrogens with zero attached hydrogens (tertiary/aromatic N) is 1. The van der Waals surface area contributed by atoms with Crippen molar-refractivity contribution in [1.29, 1.82) is 0 Å². The molecule has 1 aliphatic heterocycles. The summed E-state index contributed by atoms with van der Waals surface area (Å²) in [5.41, 5.74) is 0.134. The molecule has 2 aromatic carbocycles. The highest BCUT2D eigenvalue weighted by Crippen LogP contribution is 2.32. The van der Waals surface area contributed by atoms with Gasteiger partial charge >= 0.3 is 11.9 Å². The van der Waals surface area contributed by atoms with E-state index >= 15 is 0 Å². The zero-order chi connectivity index (χ0) is 18.1. The lowest BCUT2D eigenvalue weighted by molar-refractivity contribution is 0.0555. The van der Waals surface area contributed by atoms with Gasteiger partial charge in [0.15, 0.2) is 0 Å². The van der Waals surface area contributed by atoms with Crippen LogP contribution in [0.2, 0.25) is 0 Å². The number of methoxy groups -OCH3 is 2. The number of amides is 2. The highest BCUT2D eigenvalue weighted by Gasteiger charge is 2.39. The van der Waals surface area contributed by atoms with Crippen LogP contribution < -0.4 is 4.90 Å². The van der Waals surface area contributed by atoms with Crippen LogP contribution in [0.3, 0.4) is 0 Å². The van der Waals surface area contributed by atoms with Crippen molar-refractivity contribution in [2.75, 3.05) is 19.1 Å². The van der Waals surface area contributed by atoms with E-state index in [0.717, 1.165) is 19.1 Å². The van der Waals surface area contributed by atoms with Crippen LogP contribution in [0.15, 0.2) is 42.5 Å². The number of anilines is 1. The summed E-state index contributed by atoms with van der Waals surface area (Å²) in [6.07, 6.45) is 0. The van der Waals surface area contributed by atoms with Crippen LogP contribution in [0.4, 0.5) is 5.69 Å². The maximum Gasteiger partial charge on any atom is 0.340 e. The Kier molecular flexibility index (Phi) is 4.06. The standard InChI is InChI=1S/C18H13NO6/c1-24-17(22)12-8-5-9-13(14(12)18(23)25-2)19-15(20)10-6-3-4-7-11(10)16(19)21/h3-9H,1-2H3. The SMILES string of the molecule is COC(=O)c1cccc(N2C(=O)c3ccccc3C2=O)c1C(=O)OC. The molecular formula is C18H13NO6. The van der Waals surface area contributed by atoms with Gasteiger partial charge in [0.2, 0.25) is 0 Å². The van der Waals surface area contributed by atoms with E-state index in [-0.39, 0.29) is 27.9 Å². The van der Waals surface area contributed by atoms with Gasteiger partial charge < -0.3 is 9.47 Å². The van der Waals surface area contributed by atoms with Crippen LogP contribution >= 0.6 is 0 Å². The molecule has 0 bridgehead atoms. The highest BCUT2D eigenvalue weighted by atomic mass is 16.5. The lowest BCUT2D eigenvalue weighted by atomic mass is 10.0. The second-order valence-corrected chi connectivity index (χ2v) is 5.17. The van der Waals surface area contributed by atoms with E-state index in [4.69, 9.17) is 4.74 Å². The van der Waals surface area contributed by atoms with Gasteiger partial charge in [0.05, 0.1) is 42.2 Å². The molecule has 2 aromatic rings. The van der Waals surface area contributed by atoms with Gasteiger partial charge in [0, 0.05) is 0 Å². The maximum atomic E-state index is 12.7. The molecule has 25 heavy (non-hydrogen) atoms. The Morgan fingerprint density at radius 2 is 1.36 bits per heavy atom. The summed E-state index contributed by atoms with van der Waals surface area (Å²) in [7, 11) is 2.31. The lowest BCUT2D eigenvalue weighted by Gasteiger charge is -2.18. The molecular weight excluding hydrogens is 326 g/mol. The number of carbonyl (C=O) groups is 4. The van der Waals surface area contributed by atoms with E-state index in [9.17, 15) is 19.2 Å². The van der Waals surface area contributed by atoms with Crippen molar-refractivity contribution in [1.82, 2.24) is 0 Å². The van der Waals surface area contributed by atoms with Crippen molar-refractivity contribution >= 4 is 29.4 Å². The molecule has 3 rings (SSSR count). The Balaban J connectivity index is 2.22. The molecule has 0 saturated carbocycles. The van der Waals surface area contributed by atoms with Gasteiger partial charge in [0.1, 0.15) is 0 Å². The monoisotopic (exact) mass is 339 g/mol. The lowest BCUT2D eigenvalue weighted by Crippen LogP contribution is -2.32. The summed E-state index contributed by atoms with van der Waals surface area (Å²) < 4.78 is 9.39. The Morgan fingerprint density at radius 3 is 1.88 bits per heavy atom. The van der Waals surface area contributed by atoms with Gasteiger partial charge in [-0.2, -0.15) is 0 Å². The van der Waals surface area contributed by atoms with Crippen LogP contribution in [0, 0.1) is 0 Å². The first kappa shape index (κ1) is 16.4. The predicted molar refractivity (Wildman–Crippen MR) is 86.7 cm³/mol. The summed E-state index contributed by atoms with van der Waals surface area (Å²) in [6, 6.07) is 10.5. The molecule has 0 saturated heterocycles. The number of ether oxygens (including phenoxy) is 2. The fourth-order valence-corrected chi connectivity index (χ4v) is 2.73. The van der Waals surface area contributed by atoms with Gasteiger partial charge in [0.25, 0.3) is 11.8 Å². The topological polar surface area (TPSA) is 90.0 Å². The molecule has 0 spiro atoms. The molecule has 0 N–H and O–H groups in total. The first-order valence-corrected chi connectivity index (χ1v) is 7.28. The van der Waals surface area contributed by atoms with Crippen molar-refractivity contribution in [2.45, 2.75) is 0 Å². The van der Waals surface area contributed by atoms with Gasteiger partial charge in [-0.1, -0.05) is 18.2 Å². The second-order valence-electron chi connectivity index (χ2n) is 5.17. The molecule has 1 aliphatic rings. The minimum Gasteiger partial charge on any atom is -0.465 e. The molecule has 0 atom stereocenters. The minimum atomic E-state index is -0.854. The Labute approximate surface area is 142 Å². The number of hydrogen-bond donors (Lipinski definition) is 0. The third kappa shape index (κ3) is 2.46. The zero-order valence-corrected chi connectivity index (χ0v) is 13.4. The largest absolute Gasteiger partial charge is 0.465 e. The smallest absolute Gasteiger partial charge is 0.340 e. The quantitative estimate of drug-likeness (QED) is 0.628. The first-order chi connectivity index (χ1) is 12.0. The fraction of sp³-hybridized carbons (Fsp3) is 0.111. The van der Waals surface area contributed by atoms with Crippen molar-refractivity contribution < 1.29 is 28.7 Å². The molecule has 0 aromatic heterocycles. The van der Waals surface area contributed by atoms with E-state index in [2.05, 4.69) is 4.74 Å². The van der Waals surface area contributed by atoms with Gasteiger partial charge in [-0.15, -0.1) is 0 Å². The third-order valence-electron chi connectivity index (χ3n) is 3.87. The number of esters is 2. The summed E-state index contributed by atoms with van der Waals surface area (Å²) in [5.74, 6) is -2.79. The van der Waals surface area contributed by atoms with Crippen LogP contribution in [-0.4, -0.2) is 38.0 Å². The number of benzene rings is 2. The normalized spacial score (nSPS) is 12.8. The maximum absolute atomic E-state index is 12.7. The van der Waals surface area contributed by atoms with Crippen LogP contribution in [-0.2, 0) is 9.47 Å². The summed E-state index contributed by atoms with van der Waals surface area (Å²) in [6.45, 7) is 0. The molecule has 126 valence electrons. The van der Waals surface area contributed by atoms with Gasteiger partial charge in [-0.05, 0) is 24.3 Å². The van der Waals surface area contributed by atoms with E-state index in [1.54, 1.807) is 12.1 Å². The Bertz CT molecular complexity index is 883. The second kappa shape index (κ2) is 6.20. The number of carbonyl (C=O) groups excluding carboxylic acids is 4. The number of fused-ring (bicyclic) bond motifs is 1. The Morgan fingerprint density at radius 1 is 0.800 bits per heavy atom. The molecule has 0 aliphatic carbocycles. The van der Waals surface area contributed by atoms with Crippen molar-refractivity contribution in [3.05, 3.63) is 64.7 Å². The first-order valence-electron chi connectivity index (χ1n) is 7.28. The fourth-order valence-electron chi connectivity index (χ4n) is 2.73. The number of imide groups is 1. The van der Waals surface area contributed by atoms with Crippen LogP contribution in [0.5, 0.6) is 0 Å².